The van der Waals surface area contributed by atoms with Gasteiger partial charge in [-0.05, 0) is 60.4 Å². The van der Waals surface area contributed by atoms with Gasteiger partial charge in [0.1, 0.15) is 16.8 Å². The van der Waals surface area contributed by atoms with Gasteiger partial charge in [0.05, 0.1) is 5.56 Å². The summed E-state index contributed by atoms with van der Waals surface area (Å²) < 4.78 is 6.48. The molecule has 2 aromatic rings. The summed E-state index contributed by atoms with van der Waals surface area (Å²) in [6.45, 7) is 6.72. The van der Waals surface area contributed by atoms with E-state index in [1.807, 2.05) is 12.1 Å². The van der Waals surface area contributed by atoms with Gasteiger partial charge in [0, 0.05) is 9.35 Å². The quantitative estimate of drug-likeness (QED) is 0.669. The molecule has 0 spiro atoms. The van der Waals surface area contributed by atoms with Crippen LogP contribution in [-0.4, -0.2) is 12.5 Å². The molecule has 142 valence electrons. The molecular formula is C21H23BrN2O2S. The third-order valence-corrected chi connectivity index (χ3v) is 6.74. The molecule has 0 radical (unpaired) electrons. The number of anilines is 1. The number of hydrogen-bond donors (Lipinski definition) is 1. The zero-order valence-corrected chi connectivity index (χ0v) is 18.2. The Kier molecular flexibility index (Phi) is 5.92. The van der Waals surface area contributed by atoms with Crippen LogP contribution in [0.2, 0.25) is 0 Å². The lowest BCUT2D eigenvalue weighted by Crippen LogP contribution is -2.26. The Bertz CT molecular complexity index is 875. The highest BCUT2D eigenvalue weighted by Crippen LogP contribution is 2.43. The van der Waals surface area contributed by atoms with Crippen molar-refractivity contribution in [3.63, 3.8) is 0 Å². The molecule has 1 N–H and O–H groups in total. The van der Waals surface area contributed by atoms with Gasteiger partial charge in [0.25, 0.3) is 5.91 Å². The lowest BCUT2D eigenvalue weighted by atomic mass is 9.72. The molecule has 1 aliphatic rings. The molecule has 1 unspecified atom stereocenters. The maximum atomic E-state index is 12.3. The number of nitrogens with one attached hydrogen (secondary N) is 1. The van der Waals surface area contributed by atoms with E-state index in [2.05, 4.69) is 48.1 Å². The van der Waals surface area contributed by atoms with Crippen LogP contribution in [0, 0.1) is 22.7 Å². The summed E-state index contributed by atoms with van der Waals surface area (Å²) >= 11 is 4.91. The van der Waals surface area contributed by atoms with E-state index in [0.29, 0.717) is 22.2 Å². The van der Waals surface area contributed by atoms with E-state index in [1.165, 1.54) is 4.88 Å². The SMILES string of the molecule is CC(C)(C)C1CCc2c(sc(NC(=O)COc3ccc(Br)cc3)c2C#N)C1. The van der Waals surface area contributed by atoms with Crippen LogP contribution in [0.3, 0.4) is 0 Å². The van der Waals surface area contributed by atoms with Crippen molar-refractivity contribution in [3.05, 3.63) is 44.7 Å². The first-order valence-electron chi connectivity index (χ1n) is 9.00. The summed E-state index contributed by atoms with van der Waals surface area (Å²) in [5.41, 5.74) is 1.99. The lowest BCUT2D eigenvalue weighted by molar-refractivity contribution is -0.118. The molecular weight excluding hydrogens is 424 g/mol. The molecule has 0 aliphatic heterocycles. The first-order valence-corrected chi connectivity index (χ1v) is 10.6. The summed E-state index contributed by atoms with van der Waals surface area (Å²) in [7, 11) is 0. The summed E-state index contributed by atoms with van der Waals surface area (Å²) in [4.78, 5) is 13.5. The van der Waals surface area contributed by atoms with Crippen LogP contribution >= 0.6 is 27.3 Å². The summed E-state index contributed by atoms with van der Waals surface area (Å²) in [5, 5.41) is 13.1. The van der Waals surface area contributed by atoms with Crippen molar-refractivity contribution < 1.29 is 9.53 Å². The first-order chi connectivity index (χ1) is 12.8. The third-order valence-electron chi connectivity index (χ3n) is 5.04. The largest absolute Gasteiger partial charge is 0.484 e. The van der Waals surface area contributed by atoms with Gasteiger partial charge in [-0.2, -0.15) is 5.26 Å². The Morgan fingerprint density at radius 2 is 2.07 bits per heavy atom. The normalized spacial score (nSPS) is 16.3. The highest BCUT2D eigenvalue weighted by molar-refractivity contribution is 9.10. The lowest BCUT2D eigenvalue weighted by Gasteiger charge is -2.33. The maximum absolute atomic E-state index is 12.3. The molecule has 6 heteroatoms. The van der Waals surface area contributed by atoms with Crippen LogP contribution in [-0.2, 0) is 17.6 Å². The van der Waals surface area contributed by atoms with Crippen molar-refractivity contribution in [1.29, 1.82) is 5.26 Å². The first kappa shape index (κ1) is 19.9. The van der Waals surface area contributed by atoms with Crippen LogP contribution in [0.25, 0.3) is 0 Å². The number of fused-ring (bicyclic) bond motifs is 1. The predicted molar refractivity (Wildman–Crippen MR) is 112 cm³/mol. The Hall–Kier alpha value is -1.84. The van der Waals surface area contributed by atoms with E-state index in [0.717, 1.165) is 29.3 Å². The minimum atomic E-state index is -0.250. The summed E-state index contributed by atoms with van der Waals surface area (Å²) in [6, 6.07) is 9.61. The van der Waals surface area contributed by atoms with Gasteiger partial charge in [0.2, 0.25) is 0 Å². The number of ether oxygens (including phenoxy) is 1. The Balaban J connectivity index is 1.68. The average molecular weight is 447 g/mol. The van der Waals surface area contributed by atoms with Gasteiger partial charge < -0.3 is 10.1 Å². The highest BCUT2D eigenvalue weighted by atomic mass is 79.9. The Labute approximate surface area is 172 Å². The summed E-state index contributed by atoms with van der Waals surface area (Å²) in [5.74, 6) is 0.979. The van der Waals surface area contributed by atoms with Crippen LogP contribution in [0.1, 0.15) is 43.2 Å². The molecule has 0 fully saturated rings. The fourth-order valence-corrected chi connectivity index (χ4v) is 4.93. The molecule has 1 aromatic heterocycles. The molecule has 0 saturated heterocycles. The molecule has 0 bridgehead atoms. The topological polar surface area (TPSA) is 62.1 Å². The number of carbonyl (C=O) groups excluding carboxylic acids is 1. The second-order valence-corrected chi connectivity index (χ2v) is 9.94. The van der Waals surface area contributed by atoms with Crippen LogP contribution in [0.4, 0.5) is 5.00 Å². The second kappa shape index (κ2) is 8.04. The van der Waals surface area contributed by atoms with Crippen molar-refractivity contribution >= 4 is 38.2 Å². The molecule has 27 heavy (non-hydrogen) atoms. The number of rotatable bonds is 4. The van der Waals surface area contributed by atoms with E-state index in [1.54, 1.807) is 23.5 Å². The smallest absolute Gasteiger partial charge is 0.262 e. The van der Waals surface area contributed by atoms with Crippen molar-refractivity contribution in [2.24, 2.45) is 11.3 Å². The zero-order chi connectivity index (χ0) is 19.6. The van der Waals surface area contributed by atoms with Crippen molar-refractivity contribution in [2.45, 2.75) is 40.0 Å². The third kappa shape index (κ3) is 4.72. The number of nitriles is 1. The number of amides is 1. The number of nitrogens with zero attached hydrogens (tertiary/aromatic N) is 1. The number of halogens is 1. The van der Waals surface area contributed by atoms with Gasteiger partial charge >= 0.3 is 0 Å². The highest BCUT2D eigenvalue weighted by Gasteiger charge is 2.32. The van der Waals surface area contributed by atoms with E-state index < -0.39 is 0 Å². The second-order valence-electron chi connectivity index (χ2n) is 7.92. The number of thiophene rings is 1. The van der Waals surface area contributed by atoms with Crippen LogP contribution in [0.5, 0.6) is 5.75 Å². The molecule has 1 aromatic carbocycles. The molecule has 1 heterocycles. The Morgan fingerprint density at radius 3 is 2.70 bits per heavy atom. The standard InChI is InChI=1S/C21H23BrN2O2S/c1-21(2,3)13-4-9-16-17(11-23)20(27-18(16)10-13)24-19(25)12-26-15-7-5-14(22)6-8-15/h5-8,13H,4,9-10,12H2,1-3H3,(H,24,25). The molecule has 4 nitrogen and oxygen atoms in total. The minimum absolute atomic E-state index is 0.0836. The molecule has 3 rings (SSSR count). The van der Waals surface area contributed by atoms with E-state index in [9.17, 15) is 10.1 Å². The molecule has 1 aliphatic carbocycles. The average Bonchev–Trinajstić information content (AvgIpc) is 2.96. The van der Waals surface area contributed by atoms with Crippen molar-refractivity contribution in [1.82, 2.24) is 0 Å². The Morgan fingerprint density at radius 1 is 1.37 bits per heavy atom. The van der Waals surface area contributed by atoms with E-state index >= 15 is 0 Å². The van der Waals surface area contributed by atoms with E-state index in [-0.39, 0.29) is 17.9 Å². The predicted octanol–water partition coefficient (Wildman–Crippen LogP) is 5.55. The fourth-order valence-electron chi connectivity index (χ4n) is 3.37. The van der Waals surface area contributed by atoms with Crippen LogP contribution in [0.15, 0.2) is 28.7 Å². The number of hydrogen-bond acceptors (Lipinski definition) is 4. The molecule has 1 amide bonds. The van der Waals surface area contributed by atoms with Crippen LogP contribution < -0.4 is 10.1 Å². The molecule has 0 saturated carbocycles. The van der Waals surface area contributed by atoms with Gasteiger partial charge in [0.15, 0.2) is 6.61 Å². The summed E-state index contributed by atoms with van der Waals surface area (Å²) in [6.07, 6.45) is 2.97. The monoisotopic (exact) mass is 446 g/mol. The number of carbonyl (C=O) groups is 1. The van der Waals surface area contributed by atoms with Gasteiger partial charge in [-0.1, -0.05) is 36.7 Å². The number of benzene rings is 1. The van der Waals surface area contributed by atoms with E-state index in [4.69, 9.17) is 4.74 Å². The fraction of sp³-hybridized carbons (Fsp3) is 0.429. The molecule has 1 atom stereocenters. The van der Waals surface area contributed by atoms with Gasteiger partial charge in [-0.15, -0.1) is 11.3 Å². The van der Waals surface area contributed by atoms with Crippen molar-refractivity contribution in [3.8, 4) is 11.8 Å². The maximum Gasteiger partial charge on any atom is 0.262 e. The van der Waals surface area contributed by atoms with Crippen molar-refractivity contribution in [2.75, 3.05) is 11.9 Å². The van der Waals surface area contributed by atoms with Gasteiger partial charge in [-0.25, -0.2) is 0 Å². The van der Waals surface area contributed by atoms with Gasteiger partial charge in [-0.3, -0.25) is 4.79 Å². The minimum Gasteiger partial charge on any atom is -0.484 e. The zero-order valence-electron chi connectivity index (χ0n) is 15.8.